The lowest BCUT2D eigenvalue weighted by atomic mass is 10.0. The molecular formula is C18H27N3O4. The topological polar surface area (TPSA) is 79.9 Å². The number of hydrogen-bond acceptors (Lipinski definition) is 5. The third-order valence-electron chi connectivity index (χ3n) is 4.21. The molecule has 1 saturated heterocycles. The standard InChI is InChI=1S/C18H27N3O4/c1-14(22)19-8-7-18(23)20-13-17(21-9-11-25-12-10-21)15-3-5-16(24-2)6-4-15/h3-6,17H,7-13H2,1-2H3,(H,19,22)(H,20,23). The number of ether oxygens (including phenoxy) is 2. The number of rotatable bonds is 8. The van der Waals surface area contributed by atoms with Gasteiger partial charge in [-0.25, -0.2) is 0 Å². The highest BCUT2D eigenvalue weighted by Crippen LogP contribution is 2.23. The van der Waals surface area contributed by atoms with Gasteiger partial charge in [0.05, 0.1) is 26.4 Å². The summed E-state index contributed by atoms with van der Waals surface area (Å²) in [7, 11) is 1.64. The van der Waals surface area contributed by atoms with E-state index in [1.54, 1.807) is 7.11 Å². The molecule has 25 heavy (non-hydrogen) atoms. The van der Waals surface area contributed by atoms with Gasteiger partial charge in [-0.15, -0.1) is 0 Å². The zero-order valence-electron chi connectivity index (χ0n) is 14.9. The first-order chi connectivity index (χ1) is 12.1. The van der Waals surface area contributed by atoms with E-state index in [-0.39, 0.29) is 24.3 Å². The van der Waals surface area contributed by atoms with Crippen LogP contribution in [-0.2, 0) is 14.3 Å². The number of methoxy groups -OCH3 is 1. The monoisotopic (exact) mass is 349 g/mol. The van der Waals surface area contributed by atoms with Crippen LogP contribution in [0.2, 0.25) is 0 Å². The molecule has 0 aromatic heterocycles. The van der Waals surface area contributed by atoms with Crippen LogP contribution in [0.15, 0.2) is 24.3 Å². The van der Waals surface area contributed by atoms with Gasteiger partial charge >= 0.3 is 0 Å². The summed E-state index contributed by atoms with van der Waals surface area (Å²) in [6.45, 7) is 5.37. The van der Waals surface area contributed by atoms with Crippen LogP contribution in [0.25, 0.3) is 0 Å². The number of carbonyl (C=O) groups excluding carboxylic acids is 2. The van der Waals surface area contributed by atoms with E-state index in [0.717, 1.165) is 24.4 Å². The molecule has 0 bridgehead atoms. The van der Waals surface area contributed by atoms with Crippen molar-refractivity contribution in [3.63, 3.8) is 0 Å². The molecular weight excluding hydrogens is 322 g/mol. The highest BCUT2D eigenvalue weighted by Gasteiger charge is 2.23. The van der Waals surface area contributed by atoms with Gasteiger partial charge in [-0.1, -0.05) is 12.1 Å². The van der Waals surface area contributed by atoms with Crippen molar-refractivity contribution in [2.24, 2.45) is 0 Å². The lowest BCUT2D eigenvalue weighted by Gasteiger charge is -2.35. The molecule has 2 N–H and O–H groups in total. The van der Waals surface area contributed by atoms with Crippen LogP contribution in [0.5, 0.6) is 5.75 Å². The molecule has 1 fully saturated rings. The van der Waals surface area contributed by atoms with Crippen LogP contribution in [0.3, 0.4) is 0 Å². The second-order valence-electron chi connectivity index (χ2n) is 5.97. The van der Waals surface area contributed by atoms with Crippen molar-refractivity contribution in [1.82, 2.24) is 15.5 Å². The predicted molar refractivity (Wildman–Crippen MR) is 94.4 cm³/mol. The third kappa shape index (κ3) is 6.36. The van der Waals surface area contributed by atoms with E-state index in [4.69, 9.17) is 9.47 Å². The van der Waals surface area contributed by atoms with Crippen LogP contribution in [0.1, 0.15) is 24.9 Å². The first kappa shape index (κ1) is 19.2. The summed E-state index contributed by atoms with van der Waals surface area (Å²) in [6.07, 6.45) is 0.276. The van der Waals surface area contributed by atoms with Gasteiger partial charge in [0.25, 0.3) is 0 Å². The molecule has 1 aromatic rings. The second-order valence-corrected chi connectivity index (χ2v) is 5.97. The highest BCUT2D eigenvalue weighted by molar-refractivity contribution is 5.77. The molecule has 2 rings (SSSR count). The maximum Gasteiger partial charge on any atom is 0.221 e. The lowest BCUT2D eigenvalue weighted by molar-refractivity contribution is -0.121. The lowest BCUT2D eigenvalue weighted by Crippen LogP contribution is -2.44. The number of benzene rings is 1. The van der Waals surface area contributed by atoms with Crippen molar-refractivity contribution in [1.29, 1.82) is 0 Å². The van der Waals surface area contributed by atoms with E-state index >= 15 is 0 Å². The molecule has 1 atom stereocenters. The van der Waals surface area contributed by atoms with Gasteiger partial charge in [-0.2, -0.15) is 0 Å². The summed E-state index contributed by atoms with van der Waals surface area (Å²) in [5, 5.41) is 5.61. The molecule has 7 heteroatoms. The molecule has 0 aliphatic carbocycles. The normalized spacial score (nSPS) is 16.1. The number of amides is 2. The van der Waals surface area contributed by atoms with Crippen LogP contribution < -0.4 is 15.4 Å². The summed E-state index contributed by atoms with van der Waals surface area (Å²) in [4.78, 5) is 25.2. The Balaban J connectivity index is 1.96. The Morgan fingerprint density at radius 1 is 1.20 bits per heavy atom. The van der Waals surface area contributed by atoms with Gasteiger partial charge in [0, 0.05) is 39.5 Å². The number of carbonyl (C=O) groups is 2. The quantitative estimate of drug-likeness (QED) is 0.723. The Morgan fingerprint density at radius 2 is 1.88 bits per heavy atom. The second kappa shape index (κ2) is 10.0. The predicted octanol–water partition coefficient (Wildman–Crippen LogP) is 0.711. The van der Waals surface area contributed by atoms with E-state index in [1.807, 2.05) is 24.3 Å². The Hall–Kier alpha value is -2.12. The van der Waals surface area contributed by atoms with Crippen LogP contribution in [-0.4, -0.2) is 63.2 Å². The number of nitrogens with zero attached hydrogens (tertiary/aromatic N) is 1. The van der Waals surface area contributed by atoms with Gasteiger partial charge in [0.2, 0.25) is 11.8 Å². The Kier molecular flexibility index (Phi) is 7.69. The number of nitrogens with one attached hydrogen (secondary N) is 2. The van der Waals surface area contributed by atoms with E-state index in [0.29, 0.717) is 26.3 Å². The fourth-order valence-electron chi connectivity index (χ4n) is 2.82. The Labute approximate surface area is 148 Å². The molecule has 1 aliphatic rings. The van der Waals surface area contributed by atoms with Crippen molar-refractivity contribution in [3.8, 4) is 5.75 Å². The maximum absolute atomic E-state index is 12.0. The SMILES string of the molecule is COc1ccc(C(CNC(=O)CCNC(C)=O)N2CCOCC2)cc1. The molecule has 0 spiro atoms. The van der Waals surface area contributed by atoms with Crippen molar-refractivity contribution in [2.45, 2.75) is 19.4 Å². The summed E-state index contributed by atoms with van der Waals surface area (Å²) in [5.74, 6) is 0.613. The highest BCUT2D eigenvalue weighted by atomic mass is 16.5. The average molecular weight is 349 g/mol. The van der Waals surface area contributed by atoms with Crippen LogP contribution in [0.4, 0.5) is 0 Å². The first-order valence-electron chi connectivity index (χ1n) is 8.57. The van der Waals surface area contributed by atoms with E-state index in [2.05, 4.69) is 15.5 Å². The fourth-order valence-corrected chi connectivity index (χ4v) is 2.82. The van der Waals surface area contributed by atoms with Gasteiger partial charge in [-0.3, -0.25) is 14.5 Å². The molecule has 7 nitrogen and oxygen atoms in total. The minimum absolute atomic E-state index is 0.0690. The Morgan fingerprint density at radius 3 is 2.48 bits per heavy atom. The van der Waals surface area contributed by atoms with E-state index in [9.17, 15) is 9.59 Å². The average Bonchev–Trinajstić information content (AvgIpc) is 2.63. The maximum atomic E-state index is 12.0. The Bertz CT molecular complexity index is 556. The van der Waals surface area contributed by atoms with E-state index < -0.39 is 0 Å². The van der Waals surface area contributed by atoms with E-state index in [1.165, 1.54) is 6.92 Å². The first-order valence-corrected chi connectivity index (χ1v) is 8.57. The molecule has 1 aliphatic heterocycles. The fraction of sp³-hybridized carbons (Fsp3) is 0.556. The molecule has 138 valence electrons. The smallest absolute Gasteiger partial charge is 0.221 e. The molecule has 1 heterocycles. The number of hydrogen-bond donors (Lipinski definition) is 2. The van der Waals surface area contributed by atoms with Gasteiger partial charge in [0.15, 0.2) is 0 Å². The van der Waals surface area contributed by atoms with Gasteiger partial charge in [0.1, 0.15) is 5.75 Å². The van der Waals surface area contributed by atoms with Gasteiger partial charge in [-0.05, 0) is 17.7 Å². The number of morpholine rings is 1. The third-order valence-corrected chi connectivity index (χ3v) is 4.21. The minimum Gasteiger partial charge on any atom is -0.497 e. The molecule has 1 unspecified atom stereocenters. The minimum atomic E-state index is -0.128. The zero-order valence-corrected chi connectivity index (χ0v) is 14.9. The van der Waals surface area contributed by atoms with Crippen molar-refractivity contribution < 1.29 is 19.1 Å². The summed E-state index contributed by atoms with van der Waals surface area (Å²) in [5.41, 5.74) is 1.13. The molecule has 0 saturated carbocycles. The molecule has 2 amide bonds. The summed E-state index contributed by atoms with van der Waals surface area (Å²) < 4.78 is 10.7. The van der Waals surface area contributed by atoms with Crippen molar-refractivity contribution >= 4 is 11.8 Å². The van der Waals surface area contributed by atoms with Crippen molar-refractivity contribution in [3.05, 3.63) is 29.8 Å². The largest absolute Gasteiger partial charge is 0.497 e. The van der Waals surface area contributed by atoms with Crippen molar-refractivity contribution in [2.75, 3.05) is 46.5 Å². The van der Waals surface area contributed by atoms with Crippen LogP contribution >= 0.6 is 0 Å². The summed E-state index contributed by atoms with van der Waals surface area (Å²) >= 11 is 0. The van der Waals surface area contributed by atoms with Crippen LogP contribution in [0, 0.1) is 0 Å². The summed E-state index contributed by atoms with van der Waals surface area (Å²) in [6, 6.07) is 8.01. The molecule has 0 radical (unpaired) electrons. The molecule has 1 aromatic carbocycles. The van der Waals surface area contributed by atoms with Gasteiger partial charge < -0.3 is 20.1 Å². The zero-order chi connectivity index (χ0) is 18.1.